The van der Waals surface area contributed by atoms with Crippen molar-refractivity contribution in [2.45, 2.75) is 25.4 Å². The molecule has 0 aliphatic carbocycles. The van der Waals surface area contributed by atoms with Crippen molar-refractivity contribution in [3.8, 4) is 22.8 Å². The smallest absolute Gasteiger partial charge is 0.272 e. The molecule has 38 heavy (non-hydrogen) atoms. The molecule has 0 saturated carbocycles. The Bertz CT molecular complexity index is 1570. The van der Waals surface area contributed by atoms with Crippen LogP contribution in [0.1, 0.15) is 29.4 Å². The molecule has 0 unspecified atom stereocenters. The van der Waals surface area contributed by atoms with Crippen LogP contribution >= 0.6 is 0 Å². The van der Waals surface area contributed by atoms with E-state index >= 15 is 0 Å². The van der Waals surface area contributed by atoms with E-state index in [1.54, 1.807) is 18.2 Å². The number of hydrogen-bond donors (Lipinski definition) is 2. The Kier molecular flexibility index (Phi) is 6.33. The van der Waals surface area contributed by atoms with Gasteiger partial charge >= 0.3 is 0 Å². The summed E-state index contributed by atoms with van der Waals surface area (Å²) in [6, 6.07) is 8.37. The number of carbonyl (C=O) groups is 2. The molecule has 2 aliphatic rings. The summed E-state index contributed by atoms with van der Waals surface area (Å²) in [5.41, 5.74) is -0.262. The third-order valence-corrected chi connectivity index (χ3v) is 7.14. The average molecular weight is 547 g/mol. The summed E-state index contributed by atoms with van der Waals surface area (Å²) in [4.78, 5) is 26.1. The van der Waals surface area contributed by atoms with Crippen molar-refractivity contribution < 1.29 is 36.3 Å². The minimum Gasteiger partial charge on any atom is -0.494 e. The van der Waals surface area contributed by atoms with Crippen LogP contribution in [0.15, 0.2) is 36.4 Å². The van der Waals surface area contributed by atoms with E-state index in [0.29, 0.717) is 36.7 Å². The van der Waals surface area contributed by atoms with Gasteiger partial charge in [0.1, 0.15) is 28.6 Å². The van der Waals surface area contributed by atoms with Crippen LogP contribution in [0.3, 0.4) is 0 Å². The third-order valence-electron chi connectivity index (χ3n) is 6.36. The molecule has 3 aromatic rings. The number of benzene rings is 2. The summed E-state index contributed by atoms with van der Waals surface area (Å²) in [6.07, 6.45) is 1.31. The molecule has 2 amide bonds. The Morgan fingerprint density at radius 2 is 2.03 bits per heavy atom. The molecular weight excluding hydrogens is 522 g/mol. The highest BCUT2D eigenvalue weighted by molar-refractivity contribution is 7.91. The van der Waals surface area contributed by atoms with Crippen LogP contribution in [0.4, 0.5) is 14.5 Å². The Balaban J connectivity index is 1.61. The van der Waals surface area contributed by atoms with E-state index in [9.17, 15) is 26.8 Å². The van der Waals surface area contributed by atoms with Gasteiger partial charge in [-0.25, -0.2) is 17.2 Å². The number of aromatic nitrogens is 2. The molecule has 2 aliphatic heterocycles. The number of nitrogens with one attached hydrogen (secondary N) is 2. The highest BCUT2D eigenvalue weighted by atomic mass is 32.2. The second-order valence-electron chi connectivity index (χ2n) is 9.20. The molecule has 1 aromatic heterocycles. The summed E-state index contributed by atoms with van der Waals surface area (Å²) in [5, 5.41) is 9.97. The number of anilines is 1. The second kappa shape index (κ2) is 9.39. The zero-order valence-electron chi connectivity index (χ0n) is 20.5. The van der Waals surface area contributed by atoms with Gasteiger partial charge in [-0.3, -0.25) is 14.3 Å². The molecule has 2 N–H and O–H groups in total. The fraction of sp³-hybridized carbons (Fsp3) is 0.320. The number of fused-ring (bicyclic) bond motifs is 3. The number of sulfone groups is 1. The number of nitrogens with zero attached hydrogens (tertiary/aromatic N) is 2. The number of amides is 2. The third kappa shape index (κ3) is 4.69. The molecule has 13 heteroatoms. The van der Waals surface area contributed by atoms with Crippen molar-refractivity contribution in [1.82, 2.24) is 15.1 Å². The maximum atomic E-state index is 14.1. The molecule has 0 radical (unpaired) electrons. The molecule has 2 aromatic carbocycles. The topological polar surface area (TPSA) is 129 Å². The van der Waals surface area contributed by atoms with Gasteiger partial charge in [-0.2, -0.15) is 5.10 Å². The Morgan fingerprint density at radius 1 is 1.24 bits per heavy atom. The van der Waals surface area contributed by atoms with Crippen LogP contribution in [-0.2, 0) is 26.7 Å². The number of carbonyl (C=O) groups excluding carboxylic acids is 2. The normalized spacial score (nSPS) is 18.3. The van der Waals surface area contributed by atoms with Crippen molar-refractivity contribution in [2.75, 3.05) is 30.5 Å². The summed E-state index contributed by atoms with van der Waals surface area (Å²) in [5.74, 6) is -3.40. The predicted octanol–water partition coefficient (Wildman–Crippen LogP) is 2.63. The summed E-state index contributed by atoms with van der Waals surface area (Å²) in [7, 11) is -3.69. The van der Waals surface area contributed by atoms with E-state index in [2.05, 4.69) is 15.7 Å². The van der Waals surface area contributed by atoms with Crippen LogP contribution in [0.2, 0.25) is 0 Å². The quantitative estimate of drug-likeness (QED) is 0.486. The molecule has 0 bridgehead atoms. The molecule has 5 rings (SSSR count). The lowest BCUT2D eigenvalue weighted by Gasteiger charge is -2.42. The van der Waals surface area contributed by atoms with Gasteiger partial charge in [-0.1, -0.05) is 0 Å². The van der Waals surface area contributed by atoms with Gasteiger partial charge in [0.2, 0.25) is 5.91 Å². The SMILES string of the molecule is CCOc1ccc2c(c1)OCC[C@@]21Cn2nc(-c3ccc(F)c(F)c3)c(NC(=O)CS(C)(=O)=O)c2C(=O)N1. The molecule has 1 spiro atoms. The van der Waals surface area contributed by atoms with Crippen molar-refractivity contribution in [3.63, 3.8) is 0 Å². The highest BCUT2D eigenvalue weighted by Gasteiger charge is 2.46. The first-order valence-corrected chi connectivity index (χ1v) is 13.8. The largest absolute Gasteiger partial charge is 0.494 e. The van der Waals surface area contributed by atoms with Crippen LogP contribution in [0.25, 0.3) is 11.3 Å². The molecule has 1 atom stereocenters. The van der Waals surface area contributed by atoms with E-state index in [1.165, 1.54) is 10.7 Å². The Hall–Kier alpha value is -4.00. The van der Waals surface area contributed by atoms with Crippen molar-refractivity contribution in [3.05, 3.63) is 59.3 Å². The van der Waals surface area contributed by atoms with E-state index in [0.717, 1.165) is 18.4 Å². The average Bonchev–Trinajstić information content (AvgIpc) is 3.18. The van der Waals surface area contributed by atoms with Gasteiger partial charge in [0.25, 0.3) is 5.91 Å². The number of halogens is 2. The minimum absolute atomic E-state index is 0.00747. The molecular formula is C25H24F2N4O6S. The van der Waals surface area contributed by atoms with E-state index < -0.39 is 44.6 Å². The monoisotopic (exact) mass is 546 g/mol. The highest BCUT2D eigenvalue weighted by Crippen LogP contribution is 2.44. The molecule has 10 nitrogen and oxygen atoms in total. The zero-order chi connectivity index (χ0) is 27.2. The lowest BCUT2D eigenvalue weighted by Crippen LogP contribution is -2.55. The van der Waals surface area contributed by atoms with E-state index in [1.807, 2.05) is 6.92 Å². The van der Waals surface area contributed by atoms with Crippen LogP contribution < -0.4 is 20.1 Å². The van der Waals surface area contributed by atoms with Gasteiger partial charge in [0.05, 0.1) is 25.3 Å². The minimum atomic E-state index is -3.69. The Labute approximate surface area is 216 Å². The summed E-state index contributed by atoms with van der Waals surface area (Å²) in [6.45, 7) is 2.77. The number of rotatable bonds is 6. The Morgan fingerprint density at radius 3 is 2.74 bits per heavy atom. The fourth-order valence-corrected chi connectivity index (χ4v) is 5.34. The zero-order valence-corrected chi connectivity index (χ0v) is 21.3. The van der Waals surface area contributed by atoms with Gasteiger partial charge in [-0.05, 0) is 37.3 Å². The second-order valence-corrected chi connectivity index (χ2v) is 11.3. The van der Waals surface area contributed by atoms with Crippen molar-refractivity contribution in [2.24, 2.45) is 0 Å². The molecule has 200 valence electrons. The van der Waals surface area contributed by atoms with E-state index in [-0.39, 0.29) is 29.2 Å². The molecule has 0 saturated heterocycles. The first-order chi connectivity index (χ1) is 18.0. The molecule has 0 fully saturated rings. The summed E-state index contributed by atoms with van der Waals surface area (Å²) < 4.78 is 63.9. The number of ether oxygens (including phenoxy) is 2. The van der Waals surface area contributed by atoms with Gasteiger partial charge in [-0.15, -0.1) is 0 Å². The number of hydrogen-bond acceptors (Lipinski definition) is 7. The van der Waals surface area contributed by atoms with Gasteiger partial charge in [0.15, 0.2) is 27.2 Å². The maximum absolute atomic E-state index is 14.1. The van der Waals surface area contributed by atoms with Gasteiger partial charge < -0.3 is 20.1 Å². The summed E-state index contributed by atoms with van der Waals surface area (Å²) >= 11 is 0. The maximum Gasteiger partial charge on any atom is 0.272 e. The van der Waals surface area contributed by atoms with Crippen molar-refractivity contribution in [1.29, 1.82) is 0 Å². The van der Waals surface area contributed by atoms with Crippen LogP contribution in [-0.4, -0.2) is 55.2 Å². The first kappa shape index (κ1) is 25.6. The standard InChI is InChI=1S/C25H24F2N4O6S/c1-3-36-15-5-6-16-19(11-15)37-9-8-25(16)13-31-23(24(33)29-25)22(28-20(32)12-38(2,34)35)21(30-31)14-4-7-17(26)18(27)10-14/h4-7,10-11H,3,8-9,12-13H2,1-2H3,(H,28,32)(H,29,33)/t25-/m1/s1. The molecule has 3 heterocycles. The van der Waals surface area contributed by atoms with Crippen molar-refractivity contribution >= 4 is 27.3 Å². The fourth-order valence-electron chi connectivity index (χ4n) is 4.79. The first-order valence-electron chi connectivity index (χ1n) is 11.8. The van der Waals surface area contributed by atoms with Crippen LogP contribution in [0, 0.1) is 11.6 Å². The predicted molar refractivity (Wildman–Crippen MR) is 133 cm³/mol. The van der Waals surface area contributed by atoms with Crippen LogP contribution in [0.5, 0.6) is 11.5 Å². The lowest BCUT2D eigenvalue weighted by molar-refractivity contribution is -0.113. The van der Waals surface area contributed by atoms with Gasteiger partial charge in [0, 0.05) is 29.9 Å². The lowest BCUT2D eigenvalue weighted by atomic mass is 9.83. The van der Waals surface area contributed by atoms with E-state index in [4.69, 9.17) is 9.47 Å².